The van der Waals surface area contributed by atoms with Crippen molar-refractivity contribution < 1.29 is 18.0 Å². The van der Waals surface area contributed by atoms with Crippen molar-refractivity contribution in [1.82, 2.24) is 9.62 Å². The Kier molecular flexibility index (Phi) is 8.58. The number of amides is 2. The highest BCUT2D eigenvalue weighted by Gasteiger charge is 2.21. The van der Waals surface area contributed by atoms with Crippen molar-refractivity contribution in [3.8, 4) is 0 Å². The Morgan fingerprint density at radius 3 is 1.97 bits per heavy atom. The molecule has 0 saturated carbocycles. The third kappa shape index (κ3) is 6.64. The Bertz CT molecular complexity index is 1020. The summed E-state index contributed by atoms with van der Waals surface area (Å²) in [5.74, 6) is -0.503. The SMILES string of the molecule is CCN(CC)S(=O)(=O)c1ccc(NC(=O)CCNC(=O)c2ccc(C(C)(C)C)cc2)cc1. The van der Waals surface area contributed by atoms with Crippen LogP contribution in [0.5, 0.6) is 0 Å². The van der Waals surface area contributed by atoms with Gasteiger partial charge in [0.25, 0.3) is 5.91 Å². The van der Waals surface area contributed by atoms with Crippen molar-refractivity contribution in [1.29, 1.82) is 0 Å². The van der Waals surface area contributed by atoms with Crippen LogP contribution in [0.1, 0.15) is 57.0 Å². The number of rotatable bonds is 9. The van der Waals surface area contributed by atoms with Crippen LogP contribution in [0.2, 0.25) is 0 Å². The number of hydrogen-bond acceptors (Lipinski definition) is 4. The molecular formula is C24H33N3O4S. The Balaban J connectivity index is 1.86. The van der Waals surface area contributed by atoms with Gasteiger partial charge in [-0.05, 0) is 47.4 Å². The first-order valence-corrected chi connectivity index (χ1v) is 12.2. The minimum atomic E-state index is -3.53. The van der Waals surface area contributed by atoms with Gasteiger partial charge in [-0.15, -0.1) is 0 Å². The van der Waals surface area contributed by atoms with Crippen molar-refractivity contribution in [2.45, 2.75) is 51.3 Å². The van der Waals surface area contributed by atoms with Crippen LogP contribution in [0.4, 0.5) is 5.69 Å². The molecule has 7 nitrogen and oxygen atoms in total. The molecule has 8 heteroatoms. The number of carbonyl (C=O) groups excluding carboxylic acids is 2. The zero-order chi connectivity index (χ0) is 23.9. The van der Waals surface area contributed by atoms with Gasteiger partial charge in [0.05, 0.1) is 4.90 Å². The summed E-state index contributed by atoms with van der Waals surface area (Å²) >= 11 is 0. The molecule has 0 aliphatic rings. The molecule has 0 bridgehead atoms. The van der Waals surface area contributed by atoms with Crippen LogP contribution in [-0.4, -0.2) is 44.2 Å². The second kappa shape index (κ2) is 10.7. The van der Waals surface area contributed by atoms with E-state index in [1.54, 1.807) is 38.1 Å². The van der Waals surface area contributed by atoms with Crippen molar-refractivity contribution >= 4 is 27.5 Å². The van der Waals surface area contributed by atoms with Crippen molar-refractivity contribution in [3.63, 3.8) is 0 Å². The lowest BCUT2D eigenvalue weighted by Gasteiger charge is -2.19. The van der Waals surface area contributed by atoms with E-state index in [1.165, 1.54) is 16.4 Å². The third-order valence-electron chi connectivity index (χ3n) is 5.13. The van der Waals surface area contributed by atoms with Crippen LogP contribution in [0.15, 0.2) is 53.4 Å². The highest BCUT2D eigenvalue weighted by atomic mass is 32.2. The first kappa shape index (κ1) is 25.5. The van der Waals surface area contributed by atoms with E-state index in [1.807, 2.05) is 12.1 Å². The van der Waals surface area contributed by atoms with Gasteiger partial charge in [0.1, 0.15) is 0 Å². The van der Waals surface area contributed by atoms with Crippen LogP contribution in [-0.2, 0) is 20.2 Å². The maximum absolute atomic E-state index is 12.5. The largest absolute Gasteiger partial charge is 0.352 e. The first-order valence-electron chi connectivity index (χ1n) is 10.8. The van der Waals surface area contributed by atoms with E-state index in [2.05, 4.69) is 31.4 Å². The van der Waals surface area contributed by atoms with Gasteiger partial charge in [0.2, 0.25) is 15.9 Å². The summed E-state index contributed by atoms with van der Waals surface area (Å²) in [6, 6.07) is 13.5. The molecule has 0 saturated heterocycles. The van der Waals surface area contributed by atoms with Gasteiger partial charge in [-0.3, -0.25) is 9.59 Å². The first-order chi connectivity index (χ1) is 15.0. The number of nitrogens with zero attached hydrogens (tertiary/aromatic N) is 1. The third-order valence-corrected chi connectivity index (χ3v) is 7.20. The number of benzene rings is 2. The molecule has 0 heterocycles. The Morgan fingerprint density at radius 1 is 0.906 bits per heavy atom. The Labute approximate surface area is 191 Å². The van der Waals surface area contributed by atoms with Crippen LogP contribution in [0, 0.1) is 0 Å². The number of nitrogens with one attached hydrogen (secondary N) is 2. The normalized spacial score (nSPS) is 11.9. The van der Waals surface area contributed by atoms with E-state index >= 15 is 0 Å². The highest BCUT2D eigenvalue weighted by molar-refractivity contribution is 7.89. The molecule has 32 heavy (non-hydrogen) atoms. The highest BCUT2D eigenvalue weighted by Crippen LogP contribution is 2.22. The topological polar surface area (TPSA) is 95.6 Å². The molecule has 0 radical (unpaired) electrons. The molecule has 2 aromatic rings. The van der Waals surface area contributed by atoms with Crippen LogP contribution < -0.4 is 10.6 Å². The molecular weight excluding hydrogens is 426 g/mol. The lowest BCUT2D eigenvalue weighted by molar-refractivity contribution is -0.116. The monoisotopic (exact) mass is 459 g/mol. The number of sulfonamides is 1. The van der Waals surface area contributed by atoms with Crippen molar-refractivity contribution in [3.05, 3.63) is 59.7 Å². The Hall–Kier alpha value is -2.71. The smallest absolute Gasteiger partial charge is 0.251 e. The summed E-state index contributed by atoms with van der Waals surface area (Å²) in [5, 5.41) is 5.46. The molecule has 2 amide bonds. The average Bonchev–Trinajstić information content (AvgIpc) is 2.74. The van der Waals surface area contributed by atoms with E-state index < -0.39 is 10.0 Å². The molecule has 0 aliphatic heterocycles. The zero-order valence-corrected chi connectivity index (χ0v) is 20.3. The Morgan fingerprint density at radius 2 is 1.47 bits per heavy atom. The van der Waals surface area contributed by atoms with Gasteiger partial charge in [0.15, 0.2) is 0 Å². The molecule has 0 aliphatic carbocycles. The summed E-state index contributed by atoms with van der Waals surface area (Å²) in [6.07, 6.45) is 0.102. The summed E-state index contributed by atoms with van der Waals surface area (Å²) in [5.41, 5.74) is 2.20. The van der Waals surface area contributed by atoms with Gasteiger partial charge < -0.3 is 10.6 Å². The van der Waals surface area contributed by atoms with Crippen molar-refractivity contribution in [2.75, 3.05) is 25.0 Å². The summed E-state index contributed by atoms with van der Waals surface area (Å²) in [7, 11) is -3.53. The average molecular weight is 460 g/mol. The number of carbonyl (C=O) groups is 2. The summed E-state index contributed by atoms with van der Waals surface area (Å²) in [4.78, 5) is 24.6. The molecule has 0 fully saturated rings. The van der Waals surface area contributed by atoms with E-state index in [9.17, 15) is 18.0 Å². The van der Waals surface area contributed by atoms with E-state index in [0.717, 1.165) is 5.56 Å². The van der Waals surface area contributed by atoms with E-state index in [4.69, 9.17) is 0 Å². The molecule has 0 unspecified atom stereocenters. The predicted molar refractivity (Wildman–Crippen MR) is 127 cm³/mol. The quantitative estimate of drug-likeness (QED) is 0.597. The van der Waals surface area contributed by atoms with Gasteiger partial charge in [-0.1, -0.05) is 46.8 Å². The second-order valence-corrected chi connectivity index (χ2v) is 10.4. The van der Waals surface area contributed by atoms with Gasteiger partial charge >= 0.3 is 0 Å². The second-order valence-electron chi connectivity index (χ2n) is 8.50. The van der Waals surface area contributed by atoms with Crippen LogP contribution >= 0.6 is 0 Å². The van der Waals surface area contributed by atoms with Gasteiger partial charge in [-0.25, -0.2) is 8.42 Å². The summed E-state index contributed by atoms with van der Waals surface area (Å²) < 4.78 is 26.4. The zero-order valence-electron chi connectivity index (χ0n) is 19.4. The molecule has 2 aromatic carbocycles. The molecule has 174 valence electrons. The van der Waals surface area contributed by atoms with Crippen LogP contribution in [0.25, 0.3) is 0 Å². The van der Waals surface area contributed by atoms with E-state index in [-0.39, 0.29) is 35.1 Å². The maximum Gasteiger partial charge on any atom is 0.251 e. The molecule has 2 N–H and O–H groups in total. The standard InChI is InChI=1S/C24H33N3O4S/c1-6-27(7-2)32(30,31)21-14-12-20(13-15-21)26-22(28)16-17-25-23(29)18-8-10-19(11-9-18)24(3,4)5/h8-15H,6-7,16-17H2,1-5H3,(H,25,29)(H,26,28). The number of anilines is 1. The number of hydrogen-bond donors (Lipinski definition) is 2. The van der Waals surface area contributed by atoms with Crippen LogP contribution in [0.3, 0.4) is 0 Å². The van der Waals surface area contributed by atoms with E-state index in [0.29, 0.717) is 24.3 Å². The van der Waals surface area contributed by atoms with Crippen molar-refractivity contribution in [2.24, 2.45) is 0 Å². The fraction of sp³-hybridized carbons (Fsp3) is 0.417. The van der Waals surface area contributed by atoms with Gasteiger partial charge in [-0.2, -0.15) is 4.31 Å². The minimum Gasteiger partial charge on any atom is -0.352 e. The predicted octanol–water partition coefficient (Wildman–Crippen LogP) is 3.77. The summed E-state index contributed by atoms with van der Waals surface area (Å²) in [6.45, 7) is 10.9. The minimum absolute atomic E-state index is 0.0148. The molecule has 0 atom stereocenters. The van der Waals surface area contributed by atoms with Gasteiger partial charge in [0, 0.05) is 37.3 Å². The fourth-order valence-corrected chi connectivity index (χ4v) is 4.62. The molecule has 2 rings (SSSR count). The molecule has 0 aromatic heterocycles. The maximum atomic E-state index is 12.5. The molecule has 0 spiro atoms. The fourth-order valence-electron chi connectivity index (χ4n) is 3.16. The lowest BCUT2D eigenvalue weighted by Crippen LogP contribution is -2.30. The lowest BCUT2D eigenvalue weighted by atomic mass is 9.87.